The summed E-state index contributed by atoms with van der Waals surface area (Å²) >= 11 is 0. The lowest BCUT2D eigenvalue weighted by molar-refractivity contribution is 0.0203. The van der Waals surface area contributed by atoms with Crippen molar-refractivity contribution in [2.75, 3.05) is 46.6 Å². The molecule has 0 bridgehead atoms. The number of halogens is 1. The molecule has 1 aliphatic rings. The lowest BCUT2D eigenvalue weighted by atomic mass is 10.0. The zero-order chi connectivity index (χ0) is 13.8. The van der Waals surface area contributed by atoms with E-state index in [2.05, 4.69) is 22.5 Å². The average molecular weight is 399 g/mol. The Balaban J connectivity index is 0.00000361. The molecule has 0 aromatic heterocycles. The fourth-order valence-electron chi connectivity index (χ4n) is 2.01. The highest BCUT2D eigenvalue weighted by Crippen LogP contribution is 2.14. The molecule has 0 amide bonds. The number of ether oxygens (including phenoxy) is 2. The van der Waals surface area contributed by atoms with Crippen molar-refractivity contribution in [1.82, 2.24) is 10.6 Å². The number of guanidine groups is 1. The quantitative estimate of drug-likeness (QED) is 0.284. The molecule has 0 spiro atoms. The van der Waals surface area contributed by atoms with Crippen molar-refractivity contribution < 1.29 is 9.47 Å². The van der Waals surface area contributed by atoms with Crippen molar-refractivity contribution in [3.05, 3.63) is 0 Å². The van der Waals surface area contributed by atoms with Gasteiger partial charge < -0.3 is 20.1 Å². The van der Waals surface area contributed by atoms with Crippen LogP contribution in [0.25, 0.3) is 0 Å². The topological polar surface area (TPSA) is 54.9 Å². The van der Waals surface area contributed by atoms with Crippen LogP contribution < -0.4 is 10.6 Å². The molecule has 1 saturated heterocycles. The fraction of sp³-hybridized carbons (Fsp3) is 0.929. The number of hydrogen-bond donors (Lipinski definition) is 2. The highest BCUT2D eigenvalue weighted by Gasteiger charge is 2.13. The van der Waals surface area contributed by atoms with Crippen LogP contribution in [0.2, 0.25) is 0 Å². The monoisotopic (exact) mass is 399 g/mol. The van der Waals surface area contributed by atoms with Gasteiger partial charge in [-0.25, -0.2) is 0 Å². The van der Waals surface area contributed by atoms with Gasteiger partial charge in [-0.1, -0.05) is 6.92 Å². The summed E-state index contributed by atoms with van der Waals surface area (Å²) in [4.78, 5) is 4.16. The summed E-state index contributed by atoms with van der Waals surface area (Å²) in [6, 6.07) is 0. The molecule has 6 heteroatoms. The van der Waals surface area contributed by atoms with Crippen LogP contribution in [0.5, 0.6) is 0 Å². The van der Waals surface area contributed by atoms with E-state index in [0.717, 1.165) is 71.2 Å². The Labute approximate surface area is 140 Å². The van der Waals surface area contributed by atoms with E-state index < -0.39 is 0 Å². The normalized spacial score (nSPS) is 16.6. The minimum absolute atomic E-state index is 0. The van der Waals surface area contributed by atoms with Gasteiger partial charge in [-0.05, 0) is 31.6 Å². The molecular weight excluding hydrogens is 369 g/mol. The van der Waals surface area contributed by atoms with Gasteiger partial charge in [0.1, 0.15) is 0 Å². The first-order valence-corrected chi connectivity index (χ1v) is 7.46. The van der Waals surface area contributed by atoms with E-state index in [9.17, 15) is 0 Å². The van der Waals surface area contributed by atoms with Crippen LogP contribution in [0.4, 0.5) is 0 Å². The third kappa shape index (κ3) is 9.77. The van der Waals surface area contributed by atoms with Gasteiger partial charge in [-0.15, -0.1) is 24.0 Å². The maximum absolute atomic E-state index is 5.71. The second kappa shape index (κ2) is 13.9. The Hall–Kier alpha value is -0.0800. The number of aliphatic imine (C=N–C) groups is 1. The average Bonchev–Trinajstić information content (AvgIpc) is 2.47. The summed E-state index contributed by atoms with van der Waals surface area (Å²) in [5, 5.41) is 6.53. The molecule has 0 unspecified atom stereocenters. The molecule has 1 rings (SSSR count). The van der Waals surface area contributed by atoms with Gasteiger partial charge in [0.05, 0.1) is 0 Å². The van der Waals surface area contributed by atoms with Crippen LogP contribution >= 0.6 is 24.0 Å². The standard InChI is InChI=1S/C14H29N3O2.HI/c1-3-7-16-14(15-2)17-8-4-9-19-12-13-5-10-18-11-6-13;/h13H,3-12H2,1-2H3,(H2,15,16,17);1H. The Kier molecular flexibility index (Phi) is 13.8. The maximum atomic E-state index is 5.71. The lowest BCUT2D eigenvalue weighted by Gasteiger charge is -2.21. The molecule has 5 nitrogen and oxygen atoms in total. The smallest absolute Gasteiger partial charge is 0.190 e. The van der Waals surface area contributed by atoms with Gasteiger partial charge in [-0.3, -0.25) is 4.99 Å². The molecular formula is C14H30IN3O2. The van der Waals surface area contributed by atoms with E-state index in [-0.39, 0.29) is 24.0 Å². The first kappa shape index (κ1) is 19.9. The Morgan fingerprint density at radius 1 is 1.25 bits per heavy atom. The number of nitrogens with zero attached hydrogens (tertiary/aromatic N) is 1. The Morgan fingerprint density at radius 2 is 1.95 bits per heavy atom. The second-order valence-corrected chi connectivity index (χ2v) is 4.91. The molecule has 0 aromatic carbocycles. The third-order valence-electron chi connectivity index (χ3n) is 3.22. The van der Waals surface area contributed by atoms with Gasteiger partial charge in [0.25, 0.3) is 0 Å². The van der Waals surface area contributed by atoms with E-state index in [1.807, 2.05) is 0 Å². The fourth-order valence-corrected chi connectivity index (χ4v) is 2.01. The highest BCUT2D eigenvalue weighted by molar-refractivity contribution is 14.0. The molecule has 20 heavy (non-hydrogen) atoms. The van der Waals surface area contributed by atoms with Crippen molar-refractivity contribution in [2.45, 2.75) is 32.6 Å². The maximum Gasteiger partial charge on any atom is 0.190 e. The van der Waals surface area contributed by atoms with Crippen LogP contribution in [0.15, 0.2) is 4.99 Å². The molecule has 0 aliphatic carbocycles. The molecule has 0 saturated carbocycles. The summed E-state index contributed by atoms with van der Waals surface area (Å²) in [7, 11) is 1.80. The number of rotatable bonds is 8. The van der Waals surface area contributed by atoms with Gasteiger partial charge in [0.15, 0.2) is 5.96 Å². The Bertz CT molecular complexity index is 247. The summed E-state index contributed by atoms with van der Waals surface area (Å²) in [6.07, 6.45) is 4.41. The van der Waals surface area contributed by atoms with Crippen LogP contribution in [0.3, 0.4) is 0 Å². The molecule has 0 atom stereocenters. The minimum atomic E-state index is 0. The molecule has 2 N–H and O–H groups in total. The molecule has 0 aromatic rings. The van der Waals surface area contributed by atoms with Crippen LogP contribution in [-0.2, 0) is 9.47 Å². The van der Waals surface area contributed by atoms with E-state index in [0.29, 0.717) is 5.92 Å². The van der Waals surface area contributed by atoms with E-state index >= 15 is 0 Å². The minimum Gasteiger partial charge on any atom is -0.381 e. The van der Waals surface area contributed by atoms with Crippen LogP contribution in [0.1, 0.15) is 32.6 Å². The summed E-state index contributed by atoms with van der Waals surface area (Å²) in [5.41, 5.74) is 0. The van der Waals surface area contributed by atoms with Crippen molar-refractivity contribution in [3.8, 4) is 0 Å². The van der Waals surface area contributed by atoms with Crippen LogP contribution in [0, 0.1) is 5.92 Å². The molecule has 1 heterocycles. The van der Waals surface area contributed by atoms with Crippen molar-refractivity contribution in [1.29, 1.82) is 0 Å². The Morgan fingerprint density at radius 3 is 2.60 bits per heavy atom. The predicted octanol–water partition coefficient (Wildman–Crippen LogP) is 2.01. The van der Waals surface area contributed by atoms with Crippen molar-refractivity contribution in [3.63, 3.8) is 0 Å². The number of nitrogens with one attached hydrogen (secondary N) is 2. The first-order valence-electron chi connectivity index (χ1n) is 7.46. The van der Waals surface area contributed by atoms with Gasteiger partial charge >= 0.3 is 0 Å². The van der Waals surface area contributed by atoms with E-state index in [4.69, 9.17) is 9.47 Å². The molecule has 1 fully saturated rings. The van der Waals surface area contributed by atoms with E-state index in [1.165, 1.54) is 0 Å². The molecule has 1 aliphatic heterocycles. The SMILES string of the molecule is CCCNC(=NC)NCCCOCC1CCOCC1.I. The third-order valence-corrected chi connectivity index (χ3v) is 3.22. The van der Waals surface area contributed by atoms with Crippen LogP contribution in [-0.4, -0.2) is 52.5 Å². The van der Waals surface area contributed by atoms with Gasteiger partial charge in [0, 0.05) is 46.6 Å². The second-order valence-electron chi connectivity index (χ2n) is 4.91. The van der Waals surface area contributed by atoms with Crippen molar-refractivity contribution >= 4 is 29.9 Å². The van der Waals surface area contributed by atoms with Gasteiger partial charge in [0.2, 0.25) is 0 Å². The van der Waals surface area contributed by atoms with Crippen molar-refractivity contribution in [2.24, 2.45) is 10.9 Å². The largest absolute Gasteiger partial charge is 0.381 e. The molecule has 0 radical (unpaired) electrons. The van der Waals surface area contributed by atoms with E-state index in [1.54, 1.807) is 7.05 Å². The predicted molar refractivity (Wildman–Crippen MR) is 94.0 cm³/mol. The summed E-state index contributed by atoms with van der Waals surface area (Å²) in [5.74, 6) is 1.58. The highest BCUT2D eigenvalue weighted by atomic mass is 127. The zero-order valence-corrected chi connectivity index (χ0v) is 15.2. The zero-order valence-electron chi connectivity index (χ0n) is 12.8. The summed E-state index contributed by atoms with van der Waals surface area (Å²) < 4.78 is 11.0. The lowest BCUT2D eigenvalue weighted by Crippen LogP contribution is -2.38. The first-order chi connectivity index (χ1) is 9.36. The number of hydrogen-bond acceptors (Lipinski definition) is 3. The summed E-state index contributed by atoms with van der Waals surface area (Å²) in [6.45, 7) is 7.49. The van der Waals surface area contributed by atoms with Gasteiger partial charge in [-0.2, -0.15) is 0 Å². The molecule has 120 valence electrons.